The predicted octanol–water partition coefficient (Wildman–Crippen LogP) is 3.86. The highest BCUT2D eigenvalue weighted by Crippen LogP contribution is 2.72. The number of hydrogen-bond donors (Lipinski definition) is 3. The summed E-state index contributed by atoms with van der Waals surface area (Å²) in [5, 5.41) is 12.9. The van der Waals surface area contributed by atoms with Crippen molar-refractivity contribution in [3.8, 4) is 0 Å². The monoisotopic (exact) mass is 549 g/mol. The van der Waals surface area contributed by atoms with Gasteiger partial charge in [-0.05, 0) is 86.7 Å². The third kappa shape index (κ3) is 5.61. The summed E-state index contributed by atoms with van der Waals surface area (Å²) in [4.78, 5) is 37.0. The number of rotatable bonds is 8. The maximum absolute atomic E-state index is 14.4. The van der Waals surface area contributed by atoms with Crippen molar-refractivity contribution in [3.63, 3.8) is 0 Å². The second-order valence-electron chi connectivity index (χ2n) is 10.0. The van der Waals surface area contributed by atoms with Crippen molar-refractivity contribution in [2.75, 3.05) is 31.5 Å². The molecule has 3 N–H and O–H groups in total. The van der Waals surface area contributed by atoms with Gasteiger partial charge in [0.15, 0.2) is 0 Å². The molecule has 0 aromatic heterocycles. The Balaban J connectivity index is 0.000000917. The molecule has 3 fully saturated rings. The van der Waals surface area contributed by atoms with E-state index in [1.54, 1.807) is 0 Å². The van der Waals surface area contributed by atoms with Gasteiger partial charge in [-0.2, -0.15) is 0 Å². The van der Waals surface area contributed by atoms with Crippen LogP contribution in [0.25, 0.3) is 0 Å². The summed E-state index contributed by atoms with van der Waals surface area (Å²) in [6.45, 7) is 2.47. The van der Waals surface area contributed by atoms with E-state index in [9.17, 15) is 14.0 Å². The number of allylic oxidation sites excluding steroid dienone is 2. The minimum absolute atomic E-state index is 0.0854. The van der Waals surface area contributed by atoms with Gasteiger partial charge in [0, 0.05) is 23.2 Å². The summed E-state index contributed by atoms with van der Waals surface area (Å²) in [6.07, 6.45) is 8.13. The van der Waals surface area contributed by atoms with Crippen LogP contribution in [-0.4, -0.2) is 60.6 Å². The van der Waals surface area contributed by atoms with Crippen molar-refractivity contribution in [3.05, 3.63) is 40.9 Å². The lowest BCUT2D eigenvalue weighted by molar-refractivity contribution is -0.132. The zero-order valence-electron chi connectivity index (χ0n) is 19.7. The van der Waals surface area contributed by atoms with Crippen LogP contribution < -0.4 is 10.6 Å². The molecular weight excluding hydrogens is 517 g/mol. The van der Waals surface area contributed by atoms with E-state index >= 15 is 0 Å². The Bertz CT molecular complexity index is 946. The highest BCUT2D eigenvalue weighted by Gasteiger charge is 2.69. The number of hydrogen-bond acceptors (Lipinski definition) is 4. The van der Waals surface area contributed by atoms with Crippen molar-refractivity contribution in [1.29, 1.82) is 0 Å². The topological polar surface area (TPSA) is 98.7 Å². The molecule has 3 aliphatic carbocycles. The second-order valence-corrected chi connectivity index (χ2v) is 10.9. The Hall–Kier alpha value is -2.26. The molecule has 1 aromatic carbocycles. The van der Waals surface area contributed by atoms with Crippen LogP contribution in [0.15, 0.2) is 40.9 Å². The molecule has 5 rings (SSSR count). The smallest absolute Gasteiger partial charge is 0.290 e. The van der Waals surface area contributed by atoms with E-state index in [1.807, 2.05) is 24.3 Å². The molecule has 1 spiro atoms. The summed E-state index contributed by atoms with van der Waals surface area (Å²) >= 11 is 3.41. The van der Waals surface area contributed by atoms with E-state index in [4.69, 9.17) is 9.90 Å². The Morgan fingerprint density at radius 2 is 1.69 bits per heavy atom. The van der Waals surface area contributed by atoms with Crippen molar-refractivity contribution in [2.24, 2.45) is 29.1 Å². The molecule has 35 heavy (non-hydrogen) atoms. The lowest BCUT2D eigenvalue weighted by Gasteiger charge is -2.26. The van der Waals surface area contributed by atoms with Crippen LogP contribution in [0.1, 0.15) is 32.1 Å². The zero-order valence-corrected chi connectivity index (χ0v) is 21.3. The largest absolute Gasteiger partial charge is 0.483 e. The summed E-state index contributed by atoms with van der Waals surface area (Å²) < 4.78 is 15.3. The minimum atomic E-state index is -0.931. The quantitative estimate of drug-likeness (QED) is 0.338. The second kappa shape index (κ2) is 11.2. The zero-order chi connectivity index (χ0) is 25.0. The molecule has 0 radical (unpaired) electrons. The molecule has 4 aliphatic rings. The van der Waals surface area contributed by atoms with Crippen LogP contribution >= 0.6 is 15.9 Å². The average Bonchev–Trinajstić information content (AvgIpc) is 3.20. The number of amides is 2. The van der Waals surface area contributed by atoms with E-state index in [-0.39, 0.29) is 47.4 Å². The van der Waals surface area contributed by atoms with Gasteiger partial charge < -0.3 is 20.6 Å². The number of nitrogens with one attached hydrogen (secondary N) is 2. The first-order valence-electron chi connectivity index (χ1n) is 12.4. The van der Waals surface area contributed by atoms with Gasteiger partial charge in [0.25, 0.3) is 6.47 Å². The highest BCUT2D eigenvalue weighted by atomic mass is 79.9. The van der Waals surface area contributed by atoms with Crippen LogP contribution in [-0.2, 0) is 14.4 Å². The molecule has 2 amide bonds. The van der Waals surface area contributed by atoms with E-state index in [0.717, 1.165) is 48.9 Å². The number of halogens is 2. The fourth-order valence-corrected chi connectivity index (χ4v) is 6.54. The van der Waals surface area contributed by atoms with Gasteiger partial charge in [0.2, 0.25) is 11.8 Å². The van der Waals surface area contributed by atoms with Gasteiger partial charge in [-0.15, -0.1) is 0 Å². The molecule has 1 heterocycles. The van der Waals surface area contributed by atoms with Crippen LogP contribution in [0.5, 0.6) is 0 Å². The molecule has 5 atom stereocenters. The average molecular weight is 550 g/mol. The molecule has 1 aromatic rings. The Labute approximate surface area is 213 Å². The minimum Gasteiger partial charge on any atom is -0.483 e. The molecule has 7 nitrogen and oxygen atoms in total. The number of benzene rings is 1. The molecule has 1 saturated heterocycles. The Morgan fingerprint density at radius 3 is 2.26 bits per heavy atom. The number of carbonyl (C=O) groups is 3. The SMILES string of the molecule is O=C(NCCC(F)CN1CCCC1)[C@H]1[C@H](C(=O)Nc2ccc(Br)cc2)[C@@H]2C=C[C@H]1C21CC1.O=CO. The molecule has 9 heteroatoms. The van der Waals surface area contributed by atoms with Crippen molar-refractivity contribution < 1.29 is 23.9 Å². The molecule has 2 bridgehead atoms. The molecule has 190 valence electrons. The normalized spacial score (nSPS) is 28.3. The van der Waals surface area contributed by atoms with Gasteiger partial charge in [-0.3, -0.25) is 14.4 Å². The molecule has 1 aliphatic heterocycles. The number of likely N-dealkylation sites (tertiary alicyclic amines) is 1. The van der Waals surface area contributed by atoms with Gasteiger partial charge in [-0.1, -0.05) is 28.1 Å². The summed E-state index contributed by atoms with van der Waals surface area (Å²) in [5.41, 5.74) is 0.818. The van der Waals surface area contributed by atoms with Gasteiger partial charge in [-0.25, -0.2) is 4.39 Å². The fourth-order valence-electron chi connectivity index (χ4n) is 6.27. The lowest BCUT2D eigenvalue weighted by Crippen LogP contribution is -2.42. The first-order chi connectivity index (χ1) is 16.9. The number of nitrogens with zero attached hydrogens (tertiary/aromatic N) is 1. The first-order valence-corrected chi connectivity index (χ1v) is 13.2. The van der Waals surface area contributed by atoms with Gasteiger partial charge >= 0.3 is 0 Å². The highest BCUT2D eigenvalue weighted by molar-refractivity contribution is 9.10. The number of carbonyl (C=O) groups excluding carboxylic acids is 2. The number of alkyl halides is 1. The fraction of sp³-hybridized carbons (Fsp3) is 0.577. The van der Waals surface area contributed by atoms with Gasteiger partial charge in [0.05, 0.1) is 11.8 Å². The maximum Gasteiger partial charge on any atom is 0.290 e. The Morgan fingerprint density at radius 1 is 1.11 bits per heavy atom. The third-order valence-corrected chi connectivity index (χ3v) is 8.50. The summed E-state index contributed by atoms with van der Waals surface area (Å²) in [7, 11) is 0. The van der Waals surface area contributed by atoms with E-state index in [1.165, 1.54) is 0 Å². The number of carboxylic acid groups (broad SMARTS) is 1. The molecule has 1 unspecified atom stereocenters. The van der Waals surface area contributed by atoms with Crippen LogP contribution in [0.4, 0.5) is 10.1 Å². The van der Waals surface area contributed by atoms with Crippen LogP contribution in [0.2, 0.25) is 0 Å². The van der Waals surface area contributed by atoms with Crippen molar-refractivity contribution in [1.82, 2.24) is 10.2 Å². The van der Waals surface area contributed by atoms with Crippen LogP contribution in [0, 0.1) is 29.1 Å². The summed E-state index contributed by atoms with van der Waals surface area (Å²) in [5.74, 6) is -0.714. The maximum atomic E-state index is 14.4. The standard InChI is InChI=1S/C25H31BrFN3O2.CH2O2/c26-16-3-5-18(6-4-16)29-24(32)22-20-8-7-19(25(20)10-11-25)21(22)23(31)28-12-9-17(27)15-30-13-1-2-14-30;2-1-3/h3-8,17,19-22H,1-2,9-15H2,(H,28,31)(H,29,32);1H,(H,2,3)/t17?,19-,20+,21-,22-;/m1./s1. The van der Waals surface area contributed by atoms with Crippen LogP contribution in [0.3, 0.4) is 0 Å². The van der Waals surface area contributed by atoms with E-state index in [2.05, 4.69) is 43.6 Å². The van der Waals surface area contributed by atoms with E-state index < -0.39 is 6.17 Å². The lowest BCUT2D eigenvalue weighted by atomic mass is 9.81. The van der Waals surface area contributed by atoms with Crippen molar-refractivity contribution in [2.45, 2.75) is 38.3 Å². The molecular formula is C26H33BrFN3O4. The predicted molar refractivity (Wildman–Crippen MR) is 134 cm³/mol. The summed E-state index contributed by atoms with van der Waals surface area (Å²) in [6, 6.07) is 7.49. The van der Waals surface area contributed by atoms with E-state index in [0.29, 0.717) is 19.5 Å². The Kier molecular flexibility index (Phi) is 8.27. The van der Waals surface area contributed by atoms with Crippen molar-refractivity contribution >= 4 is 39.9 Å². The third-order valence-electron chi connectivity index (χ3n) is 7.97. The number of anilines is 1. The van der Waals surface area contributed by atoms with Gasteiger partial charge in [0.1, 0.15) is 6.17 Å². The molecule has 2 saturated carbocycles. The first kappa shape index (κ1) is 25.8.